The van der Waals surface area contributed by atoms with Gasteiger partial charge in [0.05, 0.1) is 18.6 Å². The minimum absolute atomic E-state index is 0.123. The van der Waals surface area contributed by atoms with Crippen molar-refractivity contribution in [2.45, 2.75) is 64.4 Å². The summed E-state index contributed by atoms with van der Waals surface area (Å²) in [5, 5.41) is 10.6. The number of likely N-dealkylation sites (tertiary alicyclic amines) is 1. The molecule has 4 nitrogen and oxygen atoms in total. The Morgan fingerprint density at radius 3 is 2.55 bits per heavy atom. The number of carbonyl (C=O) groups is 1. The predicted octanol–water partition coefficient (Wildman–Crippen LogP) is 2.35. The van der Waals surface area contributed by atoms with Crippen molar-refractivity contribution >= 4 is 5.91 Å². The average molecular weight is 283 g/mol. The van der Waals surface area contributed by atoms with Crippen molar-refractivity contribution in [2.24, 2.45) is 5.41 Å². The van der Waals surface area contributed by atoms with Crippen LogP contribution in [0.15, 0.2) is 0 Å². The number of hydrogen-bond donors (Lipinski definition) is 1. The van der Waals surface area contributed by atoms with E-state index in [9.17, 15) is 9.90 Å². The topological polar surface area (TPSA) is 49.8 Å². The quantitative estimate of drug-likeness (QED) is 0.814. The first-order valence-corrected chi connectivity index (χ1v) is 8.10. The maximum atomic E-state index is 12.5. The van der Waals surface area contributed by atoms with Crippen LogP contribution in [0.2, 0.25) is 0 Å². The molecule has 0 radical (unpaired) electrons. The third kappa shape index (κ3) is 3.53. The van der Waals surface area contributed by atoms with E-state index in [2.05, 4.69) is 13.8 Å². The van der Waals surface area contributed by atoms with Gasteiger partial charge in [-0.2, -0.15) is 0 Å². The molecule has 2 aliphatic rings. The molecule has 0 unspecified atom stereocenters. The van der Waals surface area contributed by atoms with Crippen LogP contribution < -0.4 is 0 Å². The Morgan fingerprint density at radius 1 is 1.30 bits per heavy atom. The first-order chi connectivity index (χ1) is 9.52. The lowest BCUT2D eigenvalue weighted by molar-refractivity contribution is -0.136. The largest absolute Gasteiger partial charge is 0.389 e. The second-order valence-corrected chi connectivity index (χ2v) is 6.77. The minimum atomic E-state index is -0.803. The maximum Gasteiger partial charge on any atom is 0.225 e. The van der Waals surface area contributed by atoms with Gasteiger partial charge in [-0.25, -0.2) is 0 Å². The van der Waals surface area contributed by atoms with Crippen molar-refractivity contribution in [1.82, 2.24) is 4.90 Å². The summed E-state index contributed by atoms with van der Waals surface area (Å²) >= 11 is 0. The Hall–Kier alpha value is -0.610. The molecule has 2 heterocycles. The normalized spacial score (nSPS) is 26.6. The summed E-state index contributed by atoms with van der Waals surface area (Å²) in [5.41, 5.74) is -0.591. The lowest BCUT2D eigenvalue weighted by Gasteiger charge is -2.30. The Morgan fingerprint density at radius 2 is 2.00 bits per heavy atom. The summed E-state index contributed by atoms with van der Waals surface area (Å²) in [5.74, 6) is 0.123. The first kappa shape index (κ1) is 15.8. The number of nitrogens with zero attached hydrogens (tertiary/aromatic N) is 1. The third-order valence-corrected chi connectivity index (χ3v) is 4.89. The Balaban J connectivity index is 1.91. The first-order valence-electron chi connectivity index (χ1n) is 8.10. The van der Waals surface area contributed by atoms with E-state index in [-0.39, 0.29) is 17.7 Å². The zero-order valence-corrected chi connectivity index (χ0v) is 13.0. The second-order valence-electron chi connectivity index (χ2n) is 6.77. The monoisotopic (exact) mass is 283 g/mol. The highest BCUT2D eigenvalue weighted by atomic mass is 16.5. The number of aliphatic hydroxyl groups is 1. The molecule has 0 aromatic rings. The van der Waals surface area contributed by atoms with Gasteiger partial charge in [-0.15, -0.1) is 0 Å². The van der Waals surface area contributed by atoms with Gasteiger partial charge in [0.15, 0.2) is 0 Å². The fourth-order valence-corrected chi connectivity index (χ4v) is 3.75. The smallest absolute Gasteiger partial charge is 0.225 e. The zero-order valence-electron chi connectivity index (χ0n) is 13.0. The van der Waals surface area contributed by atoms with Gasteiger partial charge in [0, 0.05) is 25.1 Å². The van der Waals surface area contributed by atoms with Crippen LogP contribution in [0.1, 0.15) is 58.8 Å². The molecular formula is C16H29NO3. The van der Waals surface area contributed by atoms with Crippen molar-refractivity contribution in [3.05, 3.63) is 0 Å². The van der Waals surface area contributed by atoms with Gasteiger partial charge < -0.3 is 14.7 Å². The zero-order chi connectivity index (χ0) is 14.6. The van der Waals surface area contributed by atoms with E-state index < -0.39 is 5.60 Å². The van der Waals surface area contributed by atoms with Crippen LogP contribution in [0.3, 0.4) is 0 Å². The Kier molecular flexibility index (Phi) is 5.08. The van der Waals surface area contributed by atoms with Gasteiger partial charge in [-0.1, -0.05) is 26.7 Å². The standard InChI is InChI=1S/C16H29NO3/c1-3-5-16(19,6-4-2)11-14(18)17-9-7-15(12-17)8-10-20-13-15/h19H,3-13H2,1-2H3/t15-/m0/s1. The van der Waals surface area contributed by atoms with Gasteiger partial charge >= 0.3 is 0 Å². The predicted molar refractivity (Wildman–Crippen MR) is 78.4 cm³/mol. The van der Waals surface area contributed by atoms with Crippen molar-refractivity contribution < 1.29 is 14.6 Å². The van der Waals surface area contributed by atoms with E-state index in [4.69, 9.17) is 4.74 Å². The Bertz CT molecular complexity index is 331. The van der Waals surface area contributed by atoms with E-state index in [1.54, 1.807) is 0 Å². The van der Waals surface area contributed by atoms with Crippen molar-refractivity contribution in [2.75, 3.05) is 26.3 Å². The van der Waals surface area contributed by atoms with E-state index in [1.807, 2.05) is 4.90 Å². The van der Waals surface area contributed by atoms with E-state index >= 15 is 0 Å². The molecule has 1 N–H and O–H groups in total. The molecule has 20 heavy (non-hydrogen) atoms. The lowest BCUT2D eigenvalue weighted by atomic mass is 9.86. The SMILES string of the molecule is CCCC(O)(CCC)CC(=O)N1CC[C@]2(CCOC2)C1. The number of ether oxygens (including phenoxy) is 1. The second kappa shape index (κ2) is 6.44. The van der Waals surface area contributed by atoms with E-state index in [1.165, 1.54) is 0 Å². The highest BCUT2D eigenvalue weighted by Gasteiger charge is 2.43. The van der Waals surface area contributed by atoms with Crippen LogP contribution in [0, 0.1) is 5.41 Å². The molecule has 0 aromatic carbocycles. The highest BCUT2D eigenvalue weighted by molar-refractivity contribution is 5.77. The molecule has 0 saturated carbocycles. The van der Waals surface area contributed by atoms with Crippen molar-refractivity contribution in [3.8, 4) is 0 Å². The number of amides is 1. The molecule has 2 fully saturated rings. The summed E-state index contributed by atoms with van der Waals surface area (Å²) in [7, 11) is 0. The molecule has 0 aliphatic carbocycles. The van der Waals surface area contributed by atoms with E-state index in [0.717, 1.165) is 52.0 Å². The van der Waals surface area contributed by atoms with Crippen LogP contribution >= 0.6 is 0 Å². The number of carbonyl (C=O) groups excluding carboxylic acids is 1. The summed E-state index contributed by atoms with van der Waals surface area (Å²) in [6, 6.07) is 0. The van der Waals surface area contributed by atoms with Gasteiger partial charge in [0.1, 0.15) is 0 Å². The number of hydrogen-bond acceptors (Lipinski definition) is 3. The van der Waals surface area contributed by atoms with Crippen LogP contribution in [-0.4, -0.2) is 47.8 Å². The fraction of sp³-hybridized carbons (Fsp3) is 0.938. The van der Waals surface area contributed by atoms with Crippen LogP contribution in [0.4, 0.5) is 0 Å². The van der Waals surface area contributed by atoms with Gasteiger partial charge in [-0.05, 0) is 25.7 Å². The molecule has 1 amide bonds. The summed E-state index contributed by atoms with van der Waals surface area (Å²) < 4.78 is 5.50. The van der Waals surface area contributed by atoms with Gasteiger partial charge in [-0.3, -0.25) is 4.79 Å². The van der Waals surface area contributed by atoms with Crippen molar-refractivity contribution in [3.63, 3.8) is 0 Å². The molecule has 2 rings (SSSR count). The molecule has 0 aromatic heterocycles. The lowest BCUT2D eigenvalue weighted by Crippen LogP contribution is -2.39. The summed E-state index contributed by atoms with van der Waals surface area (Å²) in [6.45, 7) is 7.40. The van der Waals surface area contributed by atoms with Crippen LogP contribution in [-0.2, 0) is 9.53 Å². The molecule has 116 valence electrons. The van der Waals surface area contributed by atoms with Crippen LogP contribution in [0.5, 0.6) is 0 Å². The molecular weight excluding hydrogens is 254 g/mol. The number of rotatable bonds is 6. The highest BCUT2D eigenvalue weighted by Crippen LogP contribution is 2.39. The van der Waals surface area contributed by atoms with Gasteiger partial charge in [0.25, 0.3) is 0 Å². The molecule has 0 bridgehead atoms. The van der Waals surface area contributed by atoms with Crippen LogP contribution in [0.25, 0.3) is 0 Å². The fourth-order valence-electron chi connectivity index (χ4n) is 3.75. The maximum absolute atomic E-state index is 12.5. The third-order valence-electron chi connectivity index (χ3n) is 4.89. The minimum Gasteiger partial charge on any atom is -0.389 e. The molecule has 1 atom stereocenters. The molecule has 2 aliphatic heterocycles. The summed E-state index contributed by atoms with van der Waals surface area (Å²) in [4.78, 5) is 14.4. The van der Waals surface area contributed by atoms with E-state index in [0.29, 0.717) is 12.8 Å². The summed E-state index contributed by atoms with van der Waals surface area (Å²) in [6.07, 6.45) is 5.68. The molecule has 2 saturated heterocycles. The Labute approximate surface area is 122 Å². The molecule has 1 spiro atoms. The molecule has 4 heteroatoms. The van der Waals surface area contributed by atoms with Gasteiger partial charge in [0.2, 0.25) is 5.91 Å². The van der Waals surface area contributed by atoms with Crippen molar-refractivity contribution in [1.29, 1.82) is 0 Å². The average Bonchev–Trinajstić information content (AvgIpc) is 3.01.